The topological polar surface area (TPSA) is 66.5 Å². The molecule has 5 nitrogen and oxygen atoms in total. The molecule has 3 amide bonds. The van der Waals surface area contributed by atoms with E-state index >= 15 is 0 Å². The smallest absolute Gasteiger partial charge is 0.289 e. The van der Waals surface area contributed by atoms with Crippen LogP contribution in [0.25, 0.3) is 0 Å². The Morgan fingerprint density at radius 2 is 2.23 bits per heavy atom. The number of carbonyl (C=O) groups is 3. The van der Waals surface area contributed by atoms with Gasteiger partial charge in [0.05, 0.1) is 5.75 Å². The molecule has 72 valence electrons. The van der Waals surface area contributed by atoms with Gasteiger partial charge in [-0.2, -0.15) is 0 Å². The highest BCUT2D eigenvalue weighted by Gasteiger charge is 2.36. The number of thioether (sulfide) groups is 1. The number of rotatable bonds is 2. The number of likely N-dealkylation sites (N-methyl/N-ethyl adjacent to an activating group) is 1. The molecule has 0 bridgehead atoms. The molecular formula is C7H10N2O3S. The van der Waals surface area contributed by atoms with E-state index in [0.29, 0.717) is 0 Å². The summed E-state index contributed by atoms with van der Waals surface area (Å²) >= 11 is 0.927. The highest BCUT2D eigenvalue weighted by Crippen LogP contribution is 2.21. The third-order valence-corrected chi connectivity index (χ3v) is 2.63. The molecule has 0 aromatic carbocycles. The lowest BCUT2D eigenvalue weighted by atomic mass is 10.3. The Hall–Kier alpha value is -1.04. The number of nitrogens with one attached hydrogen (secondary N) is 1. The fourth-order valence-electron chi connectivity index (χ4n) is 1.06. The highest BCUT2D eigenvalue weighted by atomic mass is 32.2. The Balaban J connectivity index is 2.75. The molecule has 1 fully saturated rings. The van der Waals surface area contributed by atoms with Gasteiger partial charge in [0.2, 0.25) is 11.8 Å². The second-order valence-electron chi connectivity index (χ2n) is 2.61. The van der Waals surface area contributed by atoms with Crippen molar-refractivity contribution in [3.63, 3.8) is 0 Å². The molecule has 1 unspecified atom stereocenters. The molecule has 1 saturated heterocycles. The first-order valence-corrected chi connectivity index (χ1v) is 4.77. The Morgan fingerprint density at radius 1 is 1.62 bits per heavy atom. The summed E-state index contributed by atoms with van der Waals surface area (Å²) in [6, 6.07) is -0.708. The van der Waals surface area contributed by atoms with Crippen LogP contribution in [0.5, 0.6) is 0 Å². The molecule has 1 N–H and O–H groups in total. The summed E-state index contributed by atoms with van der Waals surface area (Å²) in [6.07, 6.45) is 0. The van der Waals surface area contributed by atoms with Crippen molar-refractivity contribution in [2.24, 2.45) is 0 Å². The maximum atomic E-state index is 11.2. The number of imide groups is 1. The van der Waals surface area contributed by atoms with Crippen LogP contribution in [0.1, 0.15) is 6.92 Å². The van der Waals surface area contributed by atoms with E-state index in [4.69, 9.17) is 0 Å². The molecule has 0 saturated carbocycles. The molecule has 0 spiro atoms. The van der Waals surface area contributed by atoms with Crippen LogP contribution in [-0.4, -0.2) is 40.8 Å². The Kier molecular flexibility index (Phi) is 2.92. The van der Waals surface area contributed by atoms with Crippen molar-refractivity contribution in [1.29, 1.82) is 0 Å². The van der Waals surface area contributed by atoms with Crippen molar-refractivity contribution >= 4 is 28.8 Å². The van der Waals surface area contributed by atoms with Crippen molar-refractivity contribution in [2.75, 3.05) is 12.8 Å². The van der Waals surface area contributed by atoms with Crippen molar-refractivity contribution in [3.8, 4) is 0 Å². The van der Waals surface area contributed by atoms with Crippen LogP contribution in [0, 0.1) is 0 Å². The van der Waals surface area contributed by atoms with Crippen molar-refractivity contribution in [1.82, 2.24) is 10.2 Å². The number of hydrogen-bond donors (Lipinski definition) is 1. The maximum Gasteiger partial charge on any atom is 0.289 e. The number of nitrogens with zero attached hydrogens (tertiary/aromatic N) is 1. The minimum absolute atomic E-state index is 0.139. The third-order valence-electron chi connectivity index (χ3n) is 1.80. The Labute approximate surface area is 79.8 Å². The first-order valence-electron chi connectivity index (χ1n) is 3.78. The minimum Gasteiger partial charge on any atom is -0.357 e. The standard InChI is InChI=1S/C7H10N2O3S/c1-4(6(11)8-2)9-5(10)3-13-7(9)12/h4H,3H2,1-2H3,(H,8,11). The second kappa shape index (κ2) is 3.78. The summed E-state index contributed by atoms with van der Waals surface area (Å²) < 4.78 is 0. The van der Waals surface area contributed by atoms with Gasteiger partial charge in [-0.25, -0.2) is 0 Å². The van der Waals surface area contributed by atoms with Gasteiger partial charge in [0, 0.05) is 7.05 Å². The summed E-state index contributed by atoms with van der Waals surface area (Å²) in [7, 11) is 1.47. The van der Waals surface area contributed by atoms with Gasteiger partial charge in [-0.05, 0) is 6.92 Å². The van der Waals surface area contributed by atoms with E-state index in [1.807, 2.05) is 0 Å². The molecule has 13 heavy (non-hydrogen) atoms. The molecule has 1 heterocycles. The molecule has 6 heteroatoms. The van der Waals surface area contributed by atoms with Crippen LogP contribution < -0.4 is 5.32 Å². The fraction of sp³-hybridized carbons (Fsp3) is 0.571. The Morgan fingerprint density at radius 3 is 2.62 bits per heavy atom. The summed E-state index contributed by atoms with van der Waals surface area (Å²) in [6.45, 7) is 1.53. The zero-order valence-corrected chi connectivity index (χ0v) is 8.18. The van der Waals surface area contributed by atoms with Gasteiger partial charge in [0.15, 0.2) is 0 Å². The number of hydrogen-bond acceptors (Lipinski definition) is 4. The van der Waals surface area contributed by atoms with Crippen LogP contribution in [0.15, 0.2) is 0 Å². The monoisotopic (exact) mass is 202 g/mol. The lowest BCUT2D eigenvalue weighted by Gasteiger charge is -2.19. The molecule has 1 aliphatic rings. The second-order valence-corrected chi connectivity index (χ2v) is 3.54. The normalized spacial score (nSPS) is 19.1. The lowest BCUT2D eigenvalue weighted by molar-refractivity contribution is -0.133. The highest BCUT2D eigenvalue weighted by molar-refractivity contribution is 8.14. The molecule has 0 aromatic heterocycles. The van der Waals surface area contributed by atoms with Gasteiger partial charge in [-0.1, -0.05) is 11.8 Å². The van der Waals surface area contributed by atoms with Crippen LogP contribution in [0.4, 0.5) is 4.79 Å². The van der Waals surface area contributed by atoms with Crippen LogP contribution >= 0.6 is 11.8 Å². The van der Waals surface area contributed by atoms with Crippen molar-refractivity contribution < 1.29 is 14.4 Å². The van der Waals surface area contributed by atoms with Crippen LogP contribution in [-0.2, 0) is 9.59 Å². The molecule has 1 atom stereocenters. The van der Waals surface area contributed by atoms with E-state index in [2.05, 4.69) is 5.32 Å². The lowest BCUT2D eigenvalue weighted by Crippen LogP contribution is -2.46. The fourth-order valence-corrected chi connectivity index (χ4v) is 1.85. The van der Waals surface area contributed by atoms with E-state index in [1.165, 1.54) is 14.0 Å². The first-order chi connectivity index (χ1) is 6.07. The minimum atomic E-state index is -0.708. The number of amides is 3. The Bertz CT molecular complexity index is 250. The van der Waals surface area contributed by atoms with Gasteiger partial charge in [-0.3, -0.25) is 19.3 Å². The average molecular weight is 202 g/mol. The molecule has 1 rings (SSSR count). The van der Waals surface area contributed by atoms with Gasteiger partial charge >= 0.3 is 0 Å². The van der Waals surface area contributed by atoms with Gasteiger partial charge in [-0.15, -0.1) is 0 Å². The molecular weight excluding hydrogens is 192 g/mol. The zero-order valence-electron chi connectivity index (χ0n) is 7.36. The molecule has 1 aliphatic heterocycles. The van der Waals surface area contributed by atoms with E-state index in [1.54, 1.807) is 0 Å². The van der Waals surface area contributed by atoms with E-state index in [0.717, 1.165) is 16.7 Å². The third kappa shape index (κ3) is 1.82. The SMILES string of the molecule is CNC(=O)C(C)N1C(=O)CSC1=O. The first kappa shape index (κ1) is 10.0. The van der Waals surface area contributed by atoms with Crippen molar-refractivity contribution in [2.45, 2.75) is 13.0 Å². The summed E-state index contributed by atoms with van der Waals surface area (Å²) in [5, 5.41) is 2.04. The molecule has 0 aliphatic carbocycles. The van der Waals surface area contributed by atoms with E-state index < -0.39 is 6.04 Å². The van der Waals surface area contributed by atoms with Crippen molar-refractivity contribution in [3.05, 3.63) is 0 Å². The largest absolute Gasteiger partial charge is 0.357 e. The van der Waals surface area contributed by atoms with E-state index in [9.17, 15) is 14.4 Å². The van der Waals surface area contributed by atoms with Gasteiger partial charge in [0.25, 0.3) is 5.24 Å². The average Bonchev–Trinajstić information content (AvgIpc) is 2.44. The quantitative estimate of drug-likeness (QED) is 0.674. The summed E-state index contributed by atoms with van der Waals surface area (Å²) in [4.78, 5) is 34.4. The maximum absolute atomic E-state index is 11.2. The predicted molar refractivity (Wildman–Crippen MR) is 48.2 cm³/mol. The zero-order chi connectivity index (χ0) is 10.0. The molecule has 0 radical (unpaired) electrons. The van der Waals surface area contributed by atoms with Crippen LogP contribution in [0.2, 0.25) is 0 Å². The number of carbonyl (C=O) groups excluding carboxylic acids is 3. The molecule has 0 aromatic rings. The summed E-state index contributed by atoms with van der Waals surface area (Å²) in [5.41, 5.74) is 0. The summed E-state index contributed by atoms with van der Waals surface area (Å²) in [5.74, 6) is -0.490. The predicted octanol–water partition coefficient (Wildman–Crippen LogP) is -0.184. The van der Waals surface area contributed by atoms with E-state index in [-0.39, 0.29) is 22.8 Å². The van der Waals surface area contributed by atoms with Gasteiger partial charge in [0.1, 0.15) is 6.04 Å². The van der Waals surface area contributed by atoms with Crippen LogP contribution in [0.3, 0.4) is 0 Å². The van der Waals surface area contributed by atoms with Gasteiger partial charge < -0.3 is 5.32 Å².